The molecule has 1 aliphatic rings. The molecule has 2 heterocycles. The van der Waals surface area contributed by atoms with Crippen molar-refractivity contribution < 1.29 is 14.3 Å². The molecule has 0 aliphatic carbocycles. The van der Waals surface area contributed by atoms with Gasteiger partial charge in [-0.05, 0) is 42.3 Å². The normalized spacial score (nSPS) is 12.1. The number of fused-ring (bicyclic) bond motifs is 2. The van der Waals surface area contributed by atoms with Crippen molar-refractivity contribution in [2.24, 2.45) is 0 Å². The van der Waals surface area contributed by atoms with Crippen molar-refractivity contribution in [3.05, 3.63) is 93.8 Å². The molecule has 0 saturated carbocycles. The van der Waals surface area contributed by atoms with Crippen LogP contribution >= 0.6 is 11.8 Å². The molecule has 1 amide bonds. The number of amides is 1. The molecule has 172 valence electrons. The van der Waals surface area contributed by atoms with Crippen molar-refractivity contribution >= 4 is 28.7 Å². The summed E-state index contributed by atoms with van der Waals surface area (Å²) < 4.78 is 12.4. The number of para-hydroxylation sites is 2. The fourth-order valence-corrected chi connectivity index (χ4v) is 4.50. The van der Waals surface area contributed by atoms with Crippen molar-refractivity contribution in [3.63, 3.8) is 0 Å². The highest BCUT2D eigenvalue weighted by molar-refractivity contribution is 7.99. The van der Waals surface area contributed by atoms with E-state index in [0.29, 0.717) is 29.6 Å². The number of carbonyl (C=O) groups excluding carboxylic acids is 1. The lowest BCUT2D eigenvalue weighted by molar-refractivity contribution is -0.118. The van der Waals surface area contributed by atoms with Gasteiger partial charge in [0.1, 0.15) is 0 Å². The van der Waals surface area contributed by atoms with E-state index in [1.807, 2.05) is 73.7 Å². The Balaban J connectivity index is 1.30. The summed E-state index contributed by atoms with van der Waals surface area (Å²) in [4.78, 5) is 30.3. The van der Waals surface area contributed by atoms with Crippen molar-refractivity contribution in [2.75, 3.05) is 12.5 Å². The monoisotopic (exact) mass is 473 g/mol. The lowest BCUT2D eigenvalue weighted by atomic mass is 10.1. The van der Waals surface area contributed by atoms with E-state index in [1.165, 1.54) is 5.56 Å². The van der Waals surface area contributed by atoms with E-state index in [-0.39, 0.29) is 24.0 Å². The van der Waals surface area contributed by atoms with E-state index < -0.39 is 0 Å². The van der Waals surface area contributed by atoms with E-state index in [4.69, 9.17) is 9.47 Å². The first-order valence-corrected chi connectivity index (χ1v) is 11.9. The van der Waals surface area contributed by atoms with Gasteiger partial charge in [-0.3, -0.25) is 14.2 Å². The zero-order chi connectivity index (χ0) is 23.5. The third kappa shape index (κ3) is 4.77. The van der Waals surface area contributed by atoms with E-state index in [0.717, 1.165) is 33.9 Å². The number of carbonyl (C=O) groups is 1. The average molecular weight is 474 g/mol. The Morgan fingerprint density at radius 1 is 1.03 bits per heavy atom. The number of hydrogen-bond acceptors (Lipinski definition) is 6. The minimum atomic E-state index is -0.201. The number of nitrogens with zero attached hydrogens (tertiary/aromatic N) is 2. The largest absolute Gasteiger partial charge is 0.454 e. The van der Waals surface area contributed by atoms with Crippen LogP contribution in [0.1, 0.15) is 16.7 Å². The smallest absolute Gasteiger partial charge is 0.283 e. The Morgan fingerprint density at radius 3 is 2.65 bits per heavy atom. The van der Waals surface area contributed by atoms with Gasteiger partial charge in [-0.1, -0.05) is 59.8 Å². The van der Waals surface area contributed by atoms with Gasteiger partial charge in [0.05, 0.1) is 23.3 Å². The molecule has 34 heavy (non-hydrogen) atoms. The molecule has 0 atom stereocenters. The minimum absolute atomic E-state index is 0.0929. The van der Waals surface area contributed by atoms with Gasteiger partial charge in [0.2, 0.25) is 12.7 Å². The Kier molecular flexibility index (Phi) is 6.22. The molecule has 1 aromatic heterocycles. The van der Waals surface area contributed by atoms with Crippen molar-refractivity contribution in [1.29, 1.82) is 0 Å². The number of rotatable bonds is 7. The van der Waals surface area contributed by atoms with Gasteiger partial charge < -0.3 is 14.8 Å². The number of benzene rings is 3. The highest BCUT2D eigenvalue weighted by atomic mass is 32.2. The second kappa shape index (κ2) is 9.61. The van der Waals surface area contributed by atoms with Gasteiger partial charge in [-0.25, -0.2) is 4.98 Å². The molecule has 5 rings (SSSR count). The molecule has 0 saturated heterocycles. The molecule has 0 radical (unpaired) electrons. The number of aryl methyl sites for hydroxylation is 1. The zero-order valence-corrected chi connectivity index (χ0v) is 19.4. The molecule has 4 aromatic rings. The van der Waals surface area contributed by atoms with E-state index in [9.17, 15) is 9.59 Å². The molecule has 7 nitrogen and oxygen atoms in total. The quantitative estimate of drug-likeness (QED) is 0.410. The Labute approximate surface area is 200 Å². The standard InChI is InChI=1S/C26H23N3O4S/c1-17-6-8-18(9-7-17)14-29-21-5-3-2-4-20(21)28-25(26(29)31)34-15-24(30)27-13-19-10-11-22-23(12-19)33-16-32-22/h2-12H,13-16H2,1H3,(H,27,30). The van der Waals surface area contributed by atoms with Crippen LogP contribution in [0.25, 0.3) is 11.0 Å². The third-order valence-electron chi connectivity index (χ3n) is 5.55. The molecule has 1 N–H and O–H groups in total. The van der Waals surface area contributed by atoms with Crippen molar-refractivity contribution in [2.45, 2.75) is 25.0 Å². The SMILES string of the molecule is Cc1ccc(Cn2c(=O)c(SCC(=O)NCc3ccc4c(c3)OCO4)nc3ccccc32)cc1. The van der Waals surface area contributed by atoms with E-state index >= 15 is 0 Å². The number of thioether (sulfide) groups is 1. The molecule has 0 fully saturated rings. The first kappa shape index (κ1) is 22.0. The molecule has 0 bridgehead atoms. The summed E-state index contributed by atoms with van der Waals surface area (Å²) in [7, 11) is 0. The lowest BCUT2D eigenvalue weighted by Gasteiger charge is -2.12. The van der Waals surface area contributed by atoms with Crippen LogP contribution in [0.4, 0.5) is 0 Å². The molecular formula is C26H23N3O4S. The van der Waals surface area contributed by atoms with Crippen LogP contribution in [0.3, 0.4) is 0 Å². The van der Waals surface area contributed by atoms with Crippen LogP contribution in [0.15, 0.2) is 76.6 Å². The van der Waals surface area contributed by atoms with E-state index in [2.05, 4.69) is 10.3 Å². The number of aromatic nitrogens is 2. The summed E-state index contributed by atoms with van der Waals surface area (Å²) in [5, 5.41) is 3.19. The highest BCUT2D eigenvalue weighted by Crippen LogP contribution is 2.32. The lowest BCUT2D eigenvalue weighted by Crippen LogP contribution is -2.27. The molecule has 0 spiro atoms. The van der Waals surface area contributed by atoms with Gasteiger partial charge in [-0.15, -0.1) is 0 Å². The molecule has 0 unspecified atom stereocenters. The number of ether oxygens (including phenoxy) is 2. The van der Waals surface area contributed by atoms with Gasteiger partial charge in [0.15, 0.2) is 16.5 Å². The minimum Gasteiger partial charge on any atom is -0.454 e. The van der Waals surface area contributed by atoms with Crippen molar-refractivity contribution in [1.82, 2.24) is 14.9 Å². The van der Waals surface area contributed by atoms with Gasteiger partial charge >= 0.3 is 0 Å². The molecule has 1 aliphatic heterocycles. The Bertz CT molecular complexity index is 1420. The fraction of sp³-hybridized carbons (Fsp3) is 0.192. The van der Waals surface area contributed by atoms with E-state index in [1.54, 1.807) is 4.57 Å². The summed E-state index contributed by atoms with van der Waals surface area (Å²) in [6, 6.07) is 21.2. The van der Waals surface area contributed by atoms with Crippen LogP contribution in [-0.2, 0) is 17.9 Å². The molecule has 3 aromatic carbocycles. The number of nitrogens with one attached hydrogen (secondary N) is 1. The molecule has 8 heteroatoms. The van der Waals surface area contributed by atoms with Crippen LogP contribution in [0.2, 0.25) is 0 Å². The maximum Gasteiger partial charge on any atom is 0.283 e. The summed E-state index contributed by atoms with van der Waals surface area (Å²) in [5.41, 5.74) is 4.39. The first-order chi connectivity index (χ1) is 16.6. The second-order valence-corrected chi connectivity index (χ2v) is 9.00. The highest BCUT2D eigenvalue weighted by Gasteiger charge is 2.15. The summed E-state index contributed by atoms with van der Waals surface area (Å²) in [6.45, 7) is 3.04. The predicted octanol–water partition coefficient (Wildman–Crippen LogP) is 3.89. The number of hydrogen-bond donors (Lipinski definition) is 1. The second-order valence-electron chi connectivity index (χ2n) is 8.04. The predicted molar refractivity (Wildman–Crippen MR) is 131 cm³/mol. The topological polar surface area (TPSA) is 82.5 Å². The average Bonchev–Trinajstić information content (AvgIpc) is 3.32. The maximum atomic E-state index is 13.3. The third-order valence-corrected chi connectivity index (χ3v) is 6.50. The van der Waals surface area contributed by atoms with Crippen LogP contribution in [-0.4, -0.2) is 28.0 Å². The summed E-state index contributed by atoms with van der Waals surface area (Å²) in [5.74, 6) is 1.29. The fourth-order valence-electron chi connectivity index (χ4n) is 3.73. The van der Waals surface area contributed by atoms with Crippen LogP contribution < -0.4 is 20.3 Å². The van der Waals surface area contributed by atoms with Crippen molar-refractivity contribution in [3.8, 4) is 11.5 Å². The summed E-state index contributed by atoms with van der Waals surface area (Å²) >= 11 is 1.15. The molecular weight excluding hydrogens is 450 g/mol. The van der Waals surface area contributed by atoms with Gasteiger partial charge in [-0.2, -0.15) is 0 Å². The Hall–Kier alpha value is -3.78. The van der Waals surface area contributed by atoms with Crippen LogP contribution in [0, 0.1) is 6.92 Å². The first-order valence-electron chi connectivity index (χ1n) is 10.9. The maximum absolute atomic E-state index is 13.3. The van der Waals surface area contributed by atoms with Gasteiger partial charge in [0.25, 0.3) is 5.56 Å². The Morgan fingerprint density at radius 2 is 1.79 bits per heavy atom. The zero-order valence-electron chi connectivity index (χ0n) is 18.6. The van der Waals surface area contributed by atoms with Gasteiger partial charge in [0, 0.05) is 6.54 Å². The van der Waals surface area contributed by atoms with Crippen LogP contribution in [0.5, 0.6) is 11.5 Å². The summed E-state index contributed by atoms with van der Waals surface area (Å²) in [6.07, 6.45) is 0.